The van der Waals surface area contributed by atoms with E-state index in [0.29, 0.717) is 25.7 Å². The SMILES string of the molecule is C=CC(C)(O)CC/C=C(\C)C(=O)O[C@@H]1[C@@H](O)[C@@H](O)[C@H](O[C@H]2[C@H](OC(C)(C=C)CCC=C(C)C)O[C@H](CO)[C@@H](O)[C@@H]2O)O[C@H]1C. The smallest absolute Gasteiger partial charge is 0.333 e. The van der Waals surface area contributed by atoms with Gasteiger partial charge in [-0.15, -0.1) is 13.2 Å². The molecule has 0 amide bonds. The summed E-state index contributed by atoms with van der Waals surface area (Å²) < 4.78 is 29.1. The Labute approximate surface area is 260 Å². The lowest BCUT2D eigenvalue weighted by Gasteiger charge is -2.47. The third-order valence-corrected chi connectivity index (χ3v) is 8.01. The lowest BCUT2D eigenvalue weighted by Crippen LogP contribution is -2.65. The largest absolute Gasteiger partial charge is 0.453 e. The third-order valence-electron chi connectivity index (χ3n) is 8.01. The number of aliphatic hydroxyl groups is 6. The summed E-state index contributed by atoms with van der Waals surface area (Å²) in [5.41, 5.74) is -0.699. The number of esters is 1. The highest BCUT2D eigenvalue weighted by Gasteiger charge is 2.52. The zero-order chi connectivity index (χ0) is 33.4. The summed E-state index contributed by atoms with van der Waals surface area (Å²) >= 11 is 0. The van der Waals surface area contributed by atoms with Crippen molar-refractivity contribution in [2.45, 2.75) is 140 Å². The summed E-state index contributed by atoms with van der Waals surface area (Å²) in [6.07, 6.45) is -5.84. The highest BCUT2D eigenvalue weighted by Crippen LogP contribution is 2.34. The molecule has 12 nitrogen and oxygen atoms in total. The van der Waals surface area contributed by atoms with E-state index in [0.717, 1.165) is 5.57 Å². The first-order chi connectivity index (χ1) is 20.5. The standard InChI is InChI=1S/C32H52O12/c1-9-31(7,39)15-12-14-19(5)28(38)42-26-20(6)40-29(25(37)24(26)36)43-27-23(35)22(34)21(17-33)41-30(27)44-32(8,10-2)16-11-13-18(3)4/h9-10,13-14,20-27,29-30,33-37,39H,1-2,11-12,15-17H2,3-8H3/b19-14+/t20-,21+,22+,23-,24-,25+,26-,27+,29-,30-,31?,32?/m0/s1. The summed E-state index contributed by atoms with van der Waals surface area (Å²) in [5.74, 6) is -0.742. The molecule has 0 radical (unpaired) electrons. The second kappa shape index (κ2) is 16.5. The molecule has 2 aliphatic heterocycles. The molecular formula is C32H52O12. The molecule has 0 saturated carbocycles. The fraction of sp³-hybridized carbons (Fsp3) is 0.719. The average Bonchev–Trinajstić information content (AvgIpc) is 2.96. The number of allylic oxidation sites excluding steroid dienone is 3. The predicted octanol–water partition coefficient (Wildman–Crippen LogP) is 1.56. The fourth-order valence-corrected chi connectivity index (χ4v) is 4.84. The van der Waals surface area contributed by atoms with Gasteiger partial charge >= 0.3 is 5.97 Å². The maximum Gasteiger partial charge on any atom is 0.333 e. The minimum atomic E-state index is -1.74. The van der Waals surface area contributed by atoms with Gasteiger partial charge in [-0.2, -0.15) is 0 Å². The van der Waals surface area contributed by atoms with Crippen LogP contribution >= 0.6 is 0 Å². The number of carbonyl (C=O) groups excluding carboxylic acids is 1. The molecule has 6 N–H and O–H groups in total. The molecule has 0 bridgehead atoms. The zero-order valence-electron chi connectivity index (χ0n) is 26.7. The van der Waals surface area contributed by atoms with Gasteiger partial charge in [-0.25, -0.2) is 4.79 Å². The molecule has 2 aliphatic rings. The first kappa shape index (κ1) is 38.2. The molecule has 0 aliphatic carbocycles. The number of hydrogen-bond acceptors (Lipinski definition) is 12. The Bertz CT molecular complexity index is 1020. The van der Waals surface area contributed by atoms with Crippen molar-refractivity contribution < 1.29 is 59.1 Å². The fourth-order valence-electron chi connectivity index (χ4n) is 4.84. The Morgan fingerprint density at radius 1 is 0.864 bits per heavy atom. The molecule has 12 heteroatoms. The van der Waals surface area contributed by atoms with Gasteiger partial charge in [0.05, 0.1) is 23.9 Å². The van der Waals surface area contributed by atoms with E-state index >= 15 is 0 Å². The lowest BCUT2D eigenvalue weighted by molar-refractivity contribution is -0.373. The van der Waals surface area contributed by atoms with Gasteiger partial charge in [-0.1, -0.05) is 29.9 Å². The van der Waals surface area contributed by atoms with Gasteiger partial charge in [-0.3, -0.25) is 0 Å². The maximum atomic E-state index is 12.7. The van der Waals surface area contributed by atoms with Crippen molar-refractivity contribution in [1.82, 2.24) is 0 Å². The van der Waals surface area contributed by atoms with Crippen molar-refractivity contribution in [2.75, 3.05) is 6.61 Å². The van der Waals surface area contributed by atoms with Crippen LogP contribution in [-0.4, -0.2) is 116 Å². The molecule has 2 rings (SSSR count). The van der Waals surface area contributed by atoms with Crippen LogP contribution in [0.5, 0.6) is 0 Å². The van der Waals surface area contributed by atoms with Crippen molar-refractivity contribution in [3.05, 3.63) is 48.6 Å². The van der Waals surface area contributed by atoms with E-state index in [-0.39, 0.29) is 5.57 Å². The number of hydrogen-bond donors (Lipinski definition) is 6. The summed E-state index contributed by atoms with van der Waals surface area (Å²) in [7, 11) is 0. The van der Waals surface area contributed by atoms with Gasteiger partial charge in [0.15, 0.2) is 18.7 Å². The Morgan fingerprint density at radius 3 is 2.05 bits per heavy atom. The van der Waals surface area contributed by atoms with Crippen molar-refractivity contribution in [3.8, 4) is 0 Å². The van der Waals surface area contributed by atoms with Gasteiger partial charge in [0, 0.05) is 5.57 Å². The van der Waals surface area contributed by atoms with E-state index in [9.17, 15) is 35.4 Å². The van der Waals surface area contributed by atoms with Crippen LogP contribution in [0.2, 0.25) is 0 Å². The van der Waals surface area contributed by atoms with Crippen LogP contribution < -0.4 is 0 Å². The molecule has 12 atom stereocenters. The van der Waals surface area contributed by atoms with Crippen molar-refractivity contribution in [2.24, 2.45) is 0 Å². The maximum absolute atomic E-state index is 12.7. The van der Waals surface area contributed by atoms with E-state index in [1.165, 1.54) is 19.9 Å². The van der Waals surface area contributed by atoms with E-state index in [1.807, 2.05) is 19.9 Å². The molecule has 0 spiro atoms. The summed E-state index contributed by atoms with van der Waals surface area (Å²) in [6, 6.07) is 0. The highest BCUT2D eigenvalue weighted by molar-refractivity contribution is 5.87. The molecule has 2 fully saturated rings. The highest BCUT2D eigenvalue weighted by atomic mass is 16.8. The second-order valence-electron chi connectivity index (χ2n) is 12.3. The number of rotatable bonds is 15. The number of aliphatic hydroxyl groups excluding tert-OH is 5. The molecule has 2 saturated heterocycles. The van der Waals surface area contributed by atoms with Crippen LogP contribution in [0.1, 0.15) is 67.2 Å². The summed E-state index contributed by atoms with van der Waals surface area (Å²) in [6.45, 7) is 17.2. The molecular weight excluding hydrogens is 576 g/mol. The molecule has 2 heterocycles. The molecule has 44 heavy (non-hydrogen) atoms. The Kier molecular flexibility index (Phi) is 14.4. The quantitative estimate of drug-likeness (QED) is 0.0875. The van der Waals surface area contributed by atoms with Crippen LogP contribution in [0.15, 0.2) is 48.6 Å². The van der Waals surface area contributed by atoms with Gasteiger partial charge in [0.2, 0.25) is 0 Å². The number of carbonyl (C=O) groups is 1. The van der Waals surface area contributed by atoms with E-state index in [4.69, 9.17) is 23.7 Å². The van der Waals surface area contributed by atoms with Crippen LogP contribution in [0, 0.1) is 0 Å². The summed E-state index contributed by atoms with van der Waals surface area (Å²) in [4.78, 5) is 12.7. The van der Waals surface area contributed by atoms with Gasteiger partial charge in [0.1, 0.15) is 36.6 Å². The van der Waals surface area contributed by atoms with Crippen LogP contribution in [-0.2, 0) is 28.5 Å². The Morgan fingerprint density at radius 2 is 1.48 bits per heavy atom. The lowest BCUT2D eigenvalue weighted by atomic mass is 9.96. The number of ether oxygens (including phenoxy) is 5. The predicted molar refractivity (Wildman–Crippen MR) is 161 cm³/mol. The molecule has 252 valence electrons. The normalized spacial score (nSPS) is 35.6. The zero-order valence-corrected chi connectivity index (χ0v) is 26.7. The van der Waals surface area contributed by atoms with Crippen LogP contribution in [0.3, 0.4) is 0 Å². The molecule has 2 unspecified atom stereocenters. The van der Waals surface area contributed by atoms with Crippen molar-refractivity contribution in [1.29, 1.82) is 0 Å². The Balaban J connectivity index is 2.17. The molecule has 0 aromatic carbocycles. The van der Waals surface area contributed by atoms with Crippen molar-refractivity contribution >= 4 is 5.97 Å². The van der Waals surface area contributed by atoms with E-state index in [2.05, 4.69) is 13.2 Å². The van der Waals surface area contributed by atoms with Gasteiger partial charge < -0.3 is 54.3 Å². The van der Waals surface area contributed by atoms with Crippen molar-refractivity contribution in [3.63, 3.8) is 0 Å². The van der Waals surface area contributed by atoms with E-state index < -0.39 is 85.2 Å². The first-order valence-corrected chi connectivity index (χ1v) is 15.0. The van der Waals surface area contributed by atoms with Gasteiger partial charge in [0.25, 0.3) is 0 Å². The third kappa shape index (κ3) is 10.3. The summed E-state index contributed by atoms with van der Waals surface area (Å²) in [5, 5.41) is 63.1. The van der Waals surface area contributed by atoms with Gasteiger partial charge in [-0.05, 0) is 67.2 Å². The molecule has 0 aromatic rings. The van der Waals surface area contributed by atoms with Crippen LogP contribution in [0.25, 0.3) is 0 Å². The topological polar surface area (TPSA) is 185 Å². The first-order valence-electron chi connectivity index (χ1n) is 15.0. The van der Waals surface area contributed by atoms with Crippen LogP contribution in [0.4, 0.5) is 0 Å². The molecule has 0 aromatic heterocycles. The second-order valence-corrected chi connectivity index (χ2v) is 12.3. The minimum absolute atomic E-state index is 0.238. The van der Waals surface area contributed by atoms with E-state index in [1.54, 1.807) is 26.0 Å². The monoisotopic (exact) mass is 628 g/mol. The average molecular weight is 629 g/mol. The minimum Gasteiger partial charge on any atom is -0.453 e. The Hall–Kier alpha value is -1.97.